The molecule has 1 heterocycles. The molecule has 0 fully saturated rings. The van der Waals surface area contributed by atoms with E-state index >= 15 is 0 Å². The standard InChI is InChI=1S/C25H23NO/c1-18(2)17-22-21-15-9-10-16-23(21)26(25(22)27)24(19-11-5-3-6-12-19)20-13-7-4-8-14-20/h3-16,22,24H,1,17H2,2H3/t22-/m1/s1. The Kier molecular flexibility index (Phi) is 4.64. The second-order valence-corrected chi connectivity index (χ2v) is 7.20. The second-order valence-electron chi connectivity index (χ2n) is 7.20. The van der Waals surface area contributed by atoms with E-state index in [-0.39, 0.29) is 17.9 Å². The van der Waals surface area contributed by atoms with E-state index in [1.54, 1.807) is 0 Å². The van der Waals surface area contributed by atoms with Crippen LogP contribution in [0.5, 0.6) is 0 Å². The number of amides is 1. The van der Waals surface area contributed by atoms with Crippen molar-refractivity contribution >= 4 is 11.6 Å². The Morgan fingerprint density at radius 1 is 0.889 bits per heavy atom. The van der Waals surface area contributed by atoms with Crippen molar-refractivity contribution in [3.8, 4) is 0 Å². The molecular formula is C25H23NO. The molecule has 0 radical (unpaired) electrons. The zero-order valence-corrected chi connectivity index (χ0v) is 15.5. The second kappa shape index (κ2) is 7.24. The molecular weight excluding hydrogens is 330 g/mol. The first kappa shape index (κ1) is 17.3. The Balaban J connectivity index is 1.87. The third kappa shape index (κ3) is 3.19. The van der Waals surface area contributed by atoms with Gasteiger partial charge >= 0.3 is 0 Å². The minimum atomic E-state index is -0.159. The monoisotopic (exact) mass is 353 g/mol. The minimum Gasteiger partial charge on any atom is -0.300 e. The highest BCUT2D eigenvalue weighted by Crippen LogP contribution is 2.46. The first-order chi connectivity index (χ1) is 13.2. The number of carbonyl (C=O) groups is 1. The molecule has 1 aliphatic heterocycles. The fourth-order valence-corrected chi connectivity index (χ4v) is 3.99. The van der Waals surface area contributed by atoms with Crippen LogP contribution in [0.1, 0.15) is 42.0 Å². The smallest absolute Gasteiger partial charge is 0.235 e. The van der Waals surface area contributed by atoms with Gasteiger partial charge in [0.25, 0.3) is 0 Å². The molecule has 0 aliphatic carbocycles. The summed E-state index contributed by atoms with van der Waals surface area (Å²) < 4.78 is 0. The van der Waals surface area contributed by atoms with E-state index in [4.69, 9.17) is 0 Å². The molecule has 4 rings (SSSR count). The number of nitrogens with zero attached hydrogens (tertiary/aromatic N) is 1. The van der Waals surface area contributed by atoms with Gasteiger partial charge in [0.2, 0.25) is 5.91 Å². The van der Waals surface area contributed by atoms with Crippen LogP contribution in [0.3, 0.4) is 0 Å². The minimum absolute atomic E-state index is 0.142. The summed E-state index contributed by atoms with van der Waals surface area (Å²) in [6.07, 6.45) is 0.683. The number of carbonyl (C=O) groups excluding carboxylic acids is 1. The number of fused-ring (bicyclic) bond motifs is 1. The first-order valence-electron chi connectivity index (χ1n) is 9.33. The summed E-state index contributed by atoms with van der Waals surface area (Å²) in [4.78, 5) is 15.6. The molecule has 2 heteroatoms. The van der Waals surface area contributed by atoms with Crippen LogP contribution in [0.15, 0.2) is 97.1 Å². The maximum absolute atomic E-state index is 13.6. The summed E-state index contributed by atoms with van der Waals surface area (Å²) in [6, 6.07) is 28.5. The van der Waals surface area contributed by atoms with Crippen LogP contribution in [0.2, 0.25) is 0 Å². The SMILES string of the molecule is C=C(C)C[C@H]1C(=O)N(C(c2ccccc2)c2ccccc2)c2ccccc21. The van der Waals surface area contributed by atoms with Gasteiger partial charge in [-0.15, -0.1) is 6.58 Å². The summed E-state index contributed by atoms with van der Waals surface area (Å²) >= 11 is 0. The molecule has 0 N–H and O–H groups in total. The molecule has 0 spiro atoms. The molecule has 1 atom stereocenters. The molecule has 3 aromatic rings. The topological polar surface area (TPSA) is 20.3 Å². The lowest BCUT2D eigenvalue weighted by atomic mass is 9.94. The number of hydrogen-bond acceptors (Lipinski definition) is 1. The zero-order valence-electron chi connectivity index (χ0n) is 15.5. The van der Waals surface area contributed by atoms with E-state index < -0.39 is 0 Å². The van der Waals surface area contributed by atoms with E-state index in [1.165, 1.54) is 0 Å². The molecule has 1 amide bonds. The molecule has 27 heavy (non-hydrogen) atoms. The van der Waals surface area contributed by atoms with Gasteiger partial charge in [-0.05, 0) is 36.1 Å². The zero-order chi connectivity index (χ0) is 18.8. The quantitative estimate of drug-likeness (QED) is 0.525. The Labute approximate surface area is 160 Å². The molecule has 2 nitrogen and oxygen atoms in total. The van der Waals surface area contributed by atoms with Crippen LogP contribution in [0.25, 0.3) is 0 Å². The van der Waals surface area contributed by atoms with Crippen LogP contribution >= 0.6 is 0 Å². The van der Waals surface area contributed by atoms with Gasteiger partial charge in [0.05, 0.1) is 12.0 Å². The molecule has 134 valence electrons. The van der Waals surface area contributed by atoms with Gasteiger partial charge in [0.1, 0.15) is 0 Å². The van der Waals surface area contributed by atoms with Crippen molar-refractivity contribution in [2.24, 2.45) is 0 Å². The molecule has 3 aromatic carbocycles. The largest absolute Gasteiger partial charge is 0.300 e. The fraction of sp³-hybridized carbons (Fsp3) is 0.160. The number of rotatable bonds is 5. The van der Waals surface area contributed by atoms with Crippen molar-refractivity contribution in [2.75, 3.05) is 4.90 Å². The normalized spacial score (nSPS) is 15.9. The van der Waals surface area contributed by atoms with Crippen molar-refractivity contribution in [1.29, 1.82) is 0 Å². The predicted molar refractivity (Wildman–Crippen MR) is 111 cm³/mol. The molecule has 0 aromatic heterocycles. The predicted octanol–water partition coefficient (Wildman–Crippen LogP) is 5.87. The van der Waals surface area contributed by atoms with Gasteiger partial charge in [-0.25, -0.2) is 0 Å². The molecule has 0 unspecified atom stereocenters. The number of para-hydroxylation sites is 1. The fourth-order valence-electron chi connectivity index (χ4n) is 3.99. The summed E-state index contributed by atoms with van der Waals surface area (Å²) in [5, 5.41) is 0. The third-order valence-corrected chi connectivity index (χ3v) is 5.15. The molecule has 0 saturated heterocycles. The van der Waals surface area contributed by atoms with Crippen LogP contribution in [0.4, 0.5) is 5.69 Å². The van der Waals surface area contributed by atoms with Gasteiger partial charge in [0.15, 0.2) is 0 Å². The first-order valence-corrected chi connectivity index (χ1v) is 9.33. The van der Waals surface area contributed by atoms with E-state index in [0.717, 1.165) is 28.0 Å². The highest BCUT2D eigenvalue weighted by atomic mass is 16.2. The van der Waals surface area contributed by atoms with E-state index in [0.29, 0.717) is 6.42 Å². The summed E-state index contributed by atoms with van der Waals surface area (Å²) in [6.45, 7) is 6.03. The molecule has 1 aliphatic rings. The van der Waals surface area contributed by atoms with Crippen LogP contribution < -0.4 is 4.90 Å². The lowest BCUT2D eigenvalue weighted by Gasteiger charge is -2.30. The van der Waals surface area contributed by atoms with Crippen molar-refractivity contribution in [2.45, 2.75) is 25.3 Å². The van der Waals surface area contributed by atoms with Gasteiger partial charge in [0, 0.05) is 5.69 Å². The van der Waals surface area contributed by atoms with Crippen LogP contribution in [0, 0.1) is 0 Å². The summed E-state index contributed by atoms with van der Waals surface area (Å²) in [5.74, 6) is -0.00877. The summed E-state index contributed by atoms with van der Waals surface area (Å²) in [5.41, 5.74) is 5.36. The highest BCUT2D eigenvalue weighted by Gasteiger charge is 2.41. The lowest BCUT2D eigenvalue weighted by Crippen LogP contribution is -2.34. The van der Waals surface area contributed by atoms with Gasteiger partial charge in [-0.1, -0.05) is 84.4 Å². The Hall–Kier alpha value is -3.13. The van der Waals surface area contributed by atoms with Crippen molar-refractivity contribution < 1.29 is 4.79 Å². The molecule has 0 saturated carbocycles. The third-order valence-electron chi connectivity index (χ3n) is 5.15. The van der Waals surface area contributed by atoms with E-state index in [1.807, 2.05) is 60.4 Å². The van der Waals surface area contributed by atoms with Gasteiger partial charge < -0.3 is 0 Å². The van der Waals surface area contributed by atoms with Gasteiger partial charge in [-0.2, -0.15) is 0 Å². The number of benzene rings is 3. The molecule has 0 bridgehead atoms. The van der Waals surface area contributed by atoms with E-state index in [2.05, 4.69) is 43.0 Å². The van der Waals surface area contributed by atoms with Crippen molar-refractivity contribution in [3.63, 3.8) is 0 Å². The average Bonchev–Trinajstić information content (AvgIpc) is 2.96. The Morgan fingerprint density at radius 2 is 1.41 bits per heavy atom. The number of anilines is 1. The van der Waals surface area contributed by atoms with Crippen molar-refractivity contribution in [1.82, 2.24) is 0 Å². The van der Waals surface area contributed by atoms with Crippen LogP contribution in [-0.2, 0) is 4.79 Å². The van der Waals surface area contributed by atoms with Gasteiger partial charge in [-0.3, -0.25) is 9.69 Å². The lowest BCUT2D eigenvalue weighted by molar-refractivity contribution is -0.119. The maximum atomic E-state index is 13.6. The summed E-state index contributed by atoms with van der Waals surface area (Å²) in [7, 11) is 0. The Morgan fingerprint density at radius 3 is 1.96 bits per heavy atom. The van der Waals surface area contributed by atoms with E-state index in [9.17, 15) is 4.79 Å². The maximum Gasteiger partial charge on any atom is 0.235 e. The van der Waals surface area contributed by atoms with Crippen molar-refractivity contribution in [3.05, 3.63) is 114 Å². The number of hydrogen-bond donors (Lipinski definition) is 0. The average molecular weight is 353 g/mol. The highest BCUT2D eigenvalue weighted by molar-refractivity contribution is 6.06. The van der Waals surface area contributed by atoms with Crippen LogP contribution in [-0.4, -0.2) is 5.91 Å². The number of allylic oxidation sites excluding steroid dienone is 1. The Bertz CT molecular complexity index is 922.